The van der Waals surface area contributed by atoms with Gasteiger partial charge in [-0.05, 0) is 36.4 Å². The van der Waals surface area contributed by atoms with E-state index in [2.05, 4.69) is 15.5 Å². The van der Waals surface area contributed by atoms with E-state index in [4.69, 9.17) is 27.9 Å². The quantitative estimate of drug-likeness (QED) is 0.592. The minimum atomic E-state index is -0.587. The molecule has 0 aromatic heterocycles. The first-order valence-electron chi connectivity index (χ1n) is 9.75. The highest BCUT2D eigenvalue weighted by Crippen LogP contribution is 2.25. The van der Waals surface area contributed by atoms with Crippen LogP contribution < -0.4 is 10.6 Å². The second-order valence-corrected chi connectivity index (χ2v) is 7.72. The summed E-state index contributed by atoms with van der Waals surface area (Å²) in [5.41, 5.74) is 0.862. The number of ether oxygens (including phenoxy) is 1. The normalized spacial score (nSPS) is 14.5. The summed E-state index contributed by atoms with van der Waals surface area (Å²) in [6, 6.07) is 9.00. The molecule has 2 aromatic rings. The molecule has 9 heteroatoms. The number of rotatable bonds is 7. The van der Waals surface area contributed by atoms with E-state index in [1.807, 2.05) is 0 Å². The maximum absolute atomic E-state index is 14.1. The maximum Gasteiger partial charge on any atom is 0.248 e. The SMILES string of the molecule is O=C(/C=C/c1c(Cl)cccc1Cl)Nc1ccc(F)c(NC(=O)CCN2CCOCC2)c1. The molecule has 1 aliphatic rings. The minimum Gasteiger partial charge on any atom is -0.379 e. The van der Waals surface area contributed by atoms with Crippen LogP contribution in [-0.2, 0) is 14.3 Å². The fourth-order valence-corrected chi connectivity index (χ4v) is 3.53. The number of nitrogens with zero attached hydrogens (tertiary/aromatic N) is 1. The van der Waals surface area contributed by atoms with E-state index >= 15 is 0 Å². The fourth-order valence-electron chi connectivity index (χ4n) is 3.01. The van der Waals surface area contributed by atoms with Gasteiger partial charge in [-0.3, -0.25) is 14.5 Å². The first-order chi connectivity index (χ1) is 14.9. The van der Waals surface area contributed by atoms with Gasteiger partial charge in [0.1, 0.15) is 5.82 Å². The molecule has 2 amide bonds. The molecule has 0 unspecified atom stereocenters. The Morgan fingerprint density at radius 3 is 2.52 bits per heavy atom. The van der Waals surface area contributed by atoms with Crippen LogP contribution >= 0.6 is 23.2 Å². The molecule has 1 heterocycles. The lowest BCUT2D eigenvalue weighted by Gasteiger charge is -2.26. The van der Waals surface area contributed by atoms with Crippen LogP contribution in [0.1, 0.15) is 12.0 Å². The van der Waals surface area contributed by atoms with Crippen molar-refractivity contribution in [3.8, 4) is 0 Å². The van der Waals surface area contributed by atoms with Crippen molar-refractivity contribution in [2.24, 2.45) is 0 Å². The number of carbonyl (C=O) groups is 2. The van der Waals surface area contributed by atoms with Crippen molar-refractivity contribution in [1.29, 1.82) is 0 Å². The molecule has 2 aromatic carbocycles. The molecule has 164 valence electrons. The van der Waals surface area contributed by atoms with Crippen LogP contribution in [0.2, 0.25) is 10.0 Å². The van der Waals surface area contributed by atoms with Gasteiger partial charge in [0.05, 0.1) is 18.9 Å². The van der Waals surface area contributed by atoms with Crippen LogP contribution in [0.5, 0.6) is 0 Å². The Morgan fingerprint density at radius 2 is 1.81 bits per heavy atom. The molecule has 1 fully saturated rings. The maximum atomic E-state index is 14.1. The number of nitrogens with one attached hydrogen (secondary N) is 2. The zero-order valence-corrected chi connectivity index (χ0v) is 18.2. The van der Waals surface area contributed by atoms with E-state index in [0.29, 0.717) is 41.1 Å². The Bertz CT molecular complexity index is 958. The van der Waals surface area contributed by atoms with Gasteiger partial charge in [-0.25, -0.2) is 4.39 Å². The van der Waals surface area contributed by atoms with Crippen molar-refractivity contribution in [3.63, 3.8) is 0 Å². The molecule has 2 N–H and O–H groups in total. The molecule has 1 saturated heterocycles. The van der Waals surface area contributed by atoms with Crippen LogP contribution in [0, 0.1) is 5.82 Å². The molecule has 0 spiro atoms. The van der Waals surface area contributed by atoms with Gasteiger partial charge in [-0.15, -0.1) is 0 Å². The third-order valence-corrected chi connectivity index (χ3v) is 5.33. The van der Waals surface area contributed by atoms with Gasteiger partial charge in [-0.2, -0.15) is 0 Å². The number of benzene rings is 2. The average molecular weight is 466 g/mol. The summed E-state index contributed by atoms with van der Waals surface area (Å²) >= 11 is 12.2. The monoisotopic (exact) mass is 465 g/mol. The van der Waals surface area contributed by atoms with E-state index in [9.17, 15) is 14.0 Å². The van der Waals surface area contributed by atoms with Gasteiger partial charge in [0.2, 0.25) is 11.8 Å². The topological polar surface area (TPSA) is 70.7 Å². The summed E-state index contributed by atoms with van der Waals surface area (Å²) in [6.45, 7) is 3.42. The van der Waals surface area contributed by atoms with Crippen LogP contribution in [0.3, 0.4) is 0 Å². The van der Waals surface area contributed by atoms with E-state index in [0.717, 1.165) is 13.1 Å². The van der Waals surface area contributed by atoms with E-state index in [-0.39, 0.29) is 18.0 Å². The standard InChI is InChI=1S/C22H22Cl2FN3O3/c23-17-2-1-3-18(24)16(17)5-7-21(29)26-15-4-6-19(25)20(14-15)27-22(30)8-9-28-10-12-31-13-11-28/h1-7,14H,8-13H2,(H,26,29)(H,27,30)/b7-5+. The van der Waals surface area contributed by atoms with Crippen LogP contribution in [0.4, 0.5) is 15.8 Å². The summed E-state index contributed by atoms with van der Waals surface area (Å²) < 4.78 is 19.4. The highest BCUT2D eigenvalue weighted by molar-refractivity contribution is 6.37. The van der Waals surface area contributed by atoms with Crippen LogP contribution in [-0.4, -0.2) is 49.6 Å². The lowest BCUT2D eigenvalue weighted by Crippen LogP contribution is -2.38. The van der Waals surface area contributed by atoms with Crippen molar-refractivity contribution in [2.45, 2.75) is 6.42 Å². The third kappa shape index (κ3) is 7.04. The second kappa shape index (κ2) is 11.2. The molecule has 6 nitrogen and oxygen atoms in total. The molecule has 3 rings (SSSR count). The Kier molecular flexibility index (Phi) is 8.43. The first kappa shape index (κ1) is 23.2. The summed E-state index contributed by atoms with van der Waals surface area (Å²) in [5, 5.41) is 6.02. The first-order valence-corrected chi connectivity index (χ1v) is 10.5. The lowest BCUT2D eigenvalue weighted by atomic mass is 10.2. The minimum absolute atomic E-state index is 0.00269. The molecule has 31 heavy (non-hydrogen) atoms. The summed E-state index contributed by atoms with van der Waals surface area (Å²) in [4.78, 5) is 26.5. The molecule has 0 saturated carbocycles. The van der Waals surface area contributed by atoms with Crippen molar-refractivity contribution in [3.05, 3.63) is 63.9 Å². The van der Waals surface area contributed by atoms with Gasteiger partial charge < -0.3 is 15.4 Å². The Balaban J connectivity index is 1.57. The van der Waals surface area contributed by atoms with Gasteiger partial charge in [0, 0.05) is 53.4 Å². The smallest absolute Gasteiger partial charge is 0.248 e. The van der Waals surface area contributed by atoms with Gasteiger partial charge >= 0.3 is 0 Å². The fraction of sp³-hybridized carbons (Fsp3) is 0.273. The van der Waals surface area contributed by atoms with E-state index in [1.165, 1.54) is 30.4 Å². The van der Waals surface area contributed by atoms with Crippen molar-refractivity contribution >= 4 is 52.5 Å². The second-order valence-electron chi connectivity index (χ2n) is 6.90. The summed E-state index contributed by atoms with van der Waals surface area (Å²) in [6.07, 6.45) is 3.01. The zero-order valence-electron chi connectivity index (χ0n) is 16.7. The van der Waals surface area contributed by atoms with Crippen molar-refractivity contribution in [2.75, 3.05) is 43.5 Å². The number of carbonyl (C=O) groups excluding carboxylic acids is 2. The Hall–Kier alpha value is -2.45. The molecule has 0 aliphatic carbocycles. The van der Waals surface area contributed by atoms with Crippen LogP contribution in [0.15, 0.2) is 42.5 Å². The number of amides is 2. The molecule has 1 aliphatic heterocycles. The third-order valence-electron chi connectivity index (χ3n) is 4.67. The molecule has 0 bridgehead atoms. The molecule has 0 radical (unpaired) electrons. The number of anilines is 2. The molecule has 0 atom stereocenters. The van der Waals surface area contributed by atoms with E-state index < -0.39 is 11.7 Å². The lowest BCUT2D eigenvalue weighted by molar-refractivity contribution is -0.116. The Morgan fingerprint density at radius 1 is 1.10 bits per heavy atom. The van der Waals surface area contributed by atoms with Crippen molar-refractivity contribution < 1.29 is 18.7 Å². The van der Waals surface area contributed by atoms with E-state index in [1.54, 1.807) is 18.2 Å². The van der Waals surface area contributed by atoms with Crippen molar-refractivity contribution in [1.82, 2.24) is 4.90 Å². The highest BCUT2D eigenvalue weighted by atomic mass is 35.5. The highest BCUT2D eigenvalue weighted by Gasteiger charge is 2.14. The predicted octanol–water partition coefficient (Wildman–Crippen LogP) is 4.45. The summed E-state index contributed by atoms with van der Waals surface area (Å²) in [5.74, 6) is -1.34. The summed E-state index contributed by atoms with van der Waals surface area (Å²) in [7, 11) is 0. The zero-order chi connectivity index (χ0) is 22.2. The molecular weight excluding hydrogens is 444 g/mol. The predicted molar refractivity (Wildman–Crippen MR) is 121 cm³/mol. The number of hydrogen-bond acceptors (Lipinski definition) is 4. The van der Waals surface area contributed by atoms with Crippen LogP contribution in [0.25, 0.3) is 6.08 Å². The van der Waals surface area contributed by atoms with Gasteiger partial charge in [-0.1, -0.05) is 29.3 Å². The average Bonchev–Trinajstić information content (AvgIpc) is 2.75. The number of morpholine rings is 1. The Labute approximate surface area is 190 Å². The number of halogens is 3. The van der Waals surface area contributed by atoms with Gasteiger partial charge in [0.25, 0.3) is 0 Å². The number of hydrogen-bond donors (Lipinski definition) is 2. The molecular formula is C22H22Cl2FN3O3. The van der Waals surface area contributed by atoms with Gasteiger partial charge in [0.15, 0.2) is 0 Å². The largest absolute Gasteiger partial charge is 0.379 e.